The standard InChI is InChI=1S/C12H13ClN4O2/c1-3-19-11(18)8(2)17-6-10(15-7-17)9-4-5-14-12(13)16-9/h4-8H,3H2,1-2H3. The summed E-state index contributed by atoms with van der Waals surface area (Å²) in [4.78, 5) is 23.7. The van der Waals surface area contributed by atoms with Crippen molar-refractivity contribution in [3.63, 3.8) is 0 Å². The summed E-state index contributed by atoms with van der Waals surface area (Å²) < 4.78 is 6.63. The van der Waals surface area contributed by atoms with Crippen molar-refractivity contribution in [3.8, 4) is 11.4 Å². The van der Waals surface area contributed by atoms with E-state index >= 15 is 0 Å². The predicted octanol–water partition coefficient (Wildman–Crippen LogP) is 2.12. The molecule has 0 N–H and O–H groups in total. The zero-order chi connectivity index (χ0) is 13.8. The number of esters is 1. The normalized spacial score (nSPS) is 12.2. The average Bonchev–Trinajstić information content (AvgIpc) is 2.87. The maximum atomic E-state index is 11.6. The summed E-state index contributed by atoms with van der Waals surface area (Å²) in [5, 5.41) is 0.158. The lowest BCUT2D eigenvalue weighted by Crippen LogP contribution is -2.17. The number of imidazole rings is 1. The number of hydrogen-bond acceptors (Lipinski definition) is 5. The molecular formula is C12H13ClN4O2. The van der Waals surface area contributed by atoms with Crippen molar-refractivity contribution in [1.29, 1.82) is 0 Å². The summed E-state index contributed by atoms with van der Waals surface area (Å²) in [6.45, 7) is 3.87. The van der Waals surface area contributed by atoms with E-state index in [4.69, 9.17) is 16.3 Å². The molecule has 0 fully saturated rings. The van der Waals surface area contributed by atoms with Crippen LogP contribution < -0.4 is 0 Å². The van der Waals surface area contributed by atoms with Crippen LogP contribution >= 0.6 is 11.6 Å². The summed E-state index contributed by atoms with van der Waals surface area (Å²) in [5.74, 6) is -0.299. The van der Waals surface area contributed by atoms with E-state index in [-0.39, 0.29) is 11.3 Å². The Hall–Kier alpha value is -1.95. The van der Waals surface area contributed by atoms with Gasteiger partial charge in [0, 0.05) is 12.4 Å². The fraction of sp³-hybridized carbons (Fsp3) is 0.333. The Balaban J connectivity index is 2.21. The molecule has 0 spiro atoms. The van der Waals surface area contributed by atoms with Gasteiger partial charge >= 0.3 is 5.97 Å². The SMILES string of the molecule is CCOC(=O)C(C)n1cnc(-c2ccnc(Cl)n2)c1. The topological polar surface area (TPSA) is 69.9 Å². The summed E-state index contributed by atoms with van der Waals surface area (Å²) in [6, 6.07) is 1.27. The lowest BCUT2D eigenvalue weighted by atomic mass is 10.3. The quantitative estimate of drug-likeness (QED) is 0.634. The molecule has 1 atom stereocenters. The van der Waals surface area contributed by atoms with E-state index in [9.17, 15) is 4.79 Å². The van der Waals surface area contributed by atoms with Crippen LogP contribution in [0.15, 0.2) is 24.8 Å². The highest BCUT2D eigenvalue weighted by molar-refractivity contribution is 6.28. The van der Waals surface area contributed by atoms with Gasteiger partial charge in [-0.1, -0.05) is 0 Å². The Labute approximate surface area is 115 Å². The smallest absolute Gasteiger partial charge is 0.328 e. The van der Waals surface area contributed by atoms with Gasteiger partial charge in [-0.25, -0.2) is 19.7 Å². The van der Waals surface area contributed by atoms with Gasteiger partial charge in [0.2, 0.25) is 5.28 Å². The lowest BCUT2D eigenvalue weighted by Gasteiger charge is -2.10. The van der Waals surface area contributed by atoms with Gasteiger partial charge < -0.3 is 9.30 Å². The second kappa shape index (κ2) is 5.79. The fourth-order valence-corrected chi connectivity index (χ4v) is 1.69. The van der Waals surface area contributed by atoms with Crippen molar-refractivity contribution >= 4 is 17.6 Å². The van der Waals surface area contributed by atoms with Crippen molar-refractivity contribution < 1.29 is 9.53 Å². The summed E-state index contributed by atoms with van der Waals surface area (Å²) >= 11 is 5.72. The maximum absolute atomic E-state index is 11.6. The molecule has 0 saturated carbocycles. The molecule has 0 aliphatic heterocycles. The average molecular weight is 281 g/mol. The first-order valence-corrected chi connectivity index (χ1v) is 6.18. The molecule has 7 heteroatoms. The molecule has 0 aromatic carbocycles. The molecule has 19 heavy (non-hydrogen) atoms. The van der Waals surface area contributed by atoms with E-state index in [0.29, 0.717) is 18.0 Å². The van der Waals surface area contributed by atoms with Gasteiger partial charge in [0.15, 0.2) is 0 Å². The summed E-state index contributed by atoms with van der Waals surface area (Å²) in [6.07, 6.45) is 4.84. The van der Waals surface area contributed by atoms with Gasteiger partial charge in [0.1, 0.15) is 11.7 Å². The number of rotatable bonds is 4. The highest BCUT2D eigenvalue weighted by atomic mass is 35.5. The monoisotopic (exact) mass is 280 g/mol. The zero-order valence-corrected chi connectivity index (χ0v) is 11.3. The van der Waals surface area contributed by atoms with Crippen LogP contribution in [0.1, 0.15) is 19.9 Å². The molecule has 0 amide bonds. The second-order valence-electron chi connectivity index (χ2n) is 3.85. The summed E-state index contributed by atoms with van der Waals surface area (Å²) in [7, 11) is 0. The molecule has 2 rings (SSSR count). The minimum absolute atomic E-state index is 0.158. The summed E-state index contributed by atoms with van der Waals surface area (Å²) in [5.41, 5.74) is 1.23. The largest absolute Gasteiger partial charge is 0.464 e. The van der Waals surface area contributed by atoms with Gasteiger partial charge in [-0.2, -0.15) is 0 Å². The van der Waals surface area contributed by atoms with Gasteiger partial charge in [-0.3, -0.25) is 0 Å². The number of nitrogens with zero attached hydrogens (tertiary/aromatic N) is 4. The first-order valence-electron chi connectivity index (χ1n) is 5.81. The number of carbonyl (C=O) groups is 1. The van der Waals surface area contributed by atoms with Gasteiger partial charge in [0.05, 0.1) is 18.6 Å². The minimum Gasteiger partial charge on any atom is -0.464 e. The molecule has 0 saturated heterocycles. The van der Waals surface area contributed by atoms with Crippen LogP contribution in [-0.2, 0) is 9.53 Å². The molecule has 2 aromatic heterocycles. The number of halogens is 1. The van der Waals surface area contributed by atoms with Crippen molar-refractivity contribution in [2.75, 3.05) is 6.61 Å². The highest BCUT2D eigenvalue weighted by Crippen LogP contribution is 2.18. The van der Waals surface area contributed by atoms with Crippen LogP contribution in [0, 0.1) is 0 Å². The Morgan fingerprint density at radius 1 is 1.47 bits per heavy atom. The Kier molecular flexibility index (Phi) is 4.11. The molecule has 100 valence electrons. The van der Waals surface area contributed by atoms with E-state index in [0.717, 1.165) is 0 Å². The van der Waals surface area contributed by atoms with E-state index in [1.807, 2.05) is 0 Å². The van der Waals surface area contributed by atoms with Crippen LogP contribution in [0.5, 0.6) is 0 Å². The van der Waals surface area contributed by atoms with Crippen molar-refractivity contribution in [2.24, 2.45) is 0 Å². The Morgan fingerprint density at radius 3 is 2.95 bits per heavy atom. The van der Waals surface area contributed by atoms with Crippen molar-refractivity contribution in [2.45, 2.75) is 19.9 Å². The first kappa shape index (κ1) is 13.5. The van der Waals surface area contributed by atoms with Gasteiger partial charge in [-0.05, 0) is 31.5 Å². The Morgan fingerprint density at radius 2 is 2.26 bits per heavy atom. The van der Waals surface area contributed by atoms with Gasteiger partial charge in [-0.15, -0.1) is 0 Å². The highest BCUT2D eigenvalue weighted by Gasteiger charge is 2.17. The Bertz CT molecular complexity index is 585. The van der Waals surface area contributed by atoms with Crippen LogP contribution in [0.3, 0.4) is 0 Å². The molecule has 2 aromatic rings. The number of carbonyl (C=O) groups excluding carboxylic acids is 1. The third kappa shape index (κ3) is 3.08. The van der Waals surface area contributed by atoms with Crippen LogP contribution in [-0.4, -0.2) is 32.1 Å². The molecule has 1 unspecified atom stereocenters. The van der Waals surface area contributed by atoms with E-state index in [1.54, 1.807) is 43.2 Å². The number of ether oxygens (including phenoxy) is 1. The third-order valence-electron chi connectivity index (χ3n) is 2.57. The van der Waals surface area contributed by atoms with E-state index in [2.05, 4.69) is 15.0 Å². The number of aromatic nitrogens is 4. The fourth-order valence-electron chi connectivity index (χ4n) is 1.54. The molecule has 0 aliphatic rings. The molecular weight excluding hydrogens is 268 g/mol. The molecule has 0 bridgehead atoms. The molecule has 0 aliphatic carbocycles. The second-order valence-corrected chi connectivity index (χ2v) is 4.18. The lowest BCUT2D eigenvalue weighted by molar-refractivity contribution is -0.146. The van der Waals surface area contributed by atoms with Crippen LogP contribution in [0.2, 0.25) is 5.28 Å². The van der Waals surface area contributed by atoms with E-state index in [1.165, 1.54) is 0 Å². The number of hydrogen-bond donors (Lipinski definition) is 0. The van der Waals surface area contributed by atoms with E-state index < -0.39 is 6.04 Å². The van der Waals surface area contributed by atoms with Gasteiger partial charge in [0.25, 0.3) is 0 Å². The zero-order valence-electron chi connectivity index (χ0n) is 10.6. The maximum Gasteiger partial charge on any atom is 0.328 e. The third-order valence-corrected chi connectivity index (χ3v) is 2.75. The van der Waals surface area contributed by atoms with Crippen molar-refractivity contribution in [1.82, 2.24) is 19.5 Å². The first-order chi connectivity index (χ1) is 9.11. The molecule has 2 heterocycles. The molecule has 6 nitrogen and oxygen atoms in total. The minimum atomic E-state index is -0.432. The van der Waals surface area contributed by atoms with Crippen molar-refractivity contribution in [3.05, 3.63) is 30.1 Å². The molecule has 0 radical (unpaired) electrons. The van der Waals surface area contributed by atoms with Crippen LogP contribution in [0.4, 0.5) is 0 Å². The van der Waals surface area contributed by atoms with Crippen LogP contribution in [0.25, 0.3) is 11.4 Å². The predicted molar refractivity (Wildman–Crippen MR) is 69.6 cm³/mol.